The Hall–Kier alpha value is -2.03. The second-order valence-electron chi connectivity index (χ2n) is 5.40. The normalized spacial score (nSPS) is 14.4. The summed E-state index contributed by atoms with van der Waals surface area (Å²) in [4.78, 5) is 4.37. The number of nitrogens with zero attached hydrogens (tertiary/aromatic N) is 1. The average Bonchev–Trinajstić information content (AvgIpc) is 2.97. The van der Waals surface area contributed by atoms with Crippen molar-refractivity contribution in [1.29, 1.82) is 0 Å². The monoisotopic (exact) mass is 268 g/mol. The molecule has 2 aromatic rings. The van der Waals surface area contributed by atoms with E-state index in [1.54, 1.807) is 0 Å². The van der Waals surface area contributed by atoms with E-state index in [0.29, 0.717) is 12.5 Å². The molecule has 0 radical (unpaired) electrons. The minimum absolute atomic E-state index is 0.477. The van der Waals surface area contributed by atoms with Crippen LogP contribution in [0.25, 0.3) is 10.8 Å². The number of amidine groups is 1. The van der Waals surface area contributed by atoms with Gasteiger partial charge in [0.25, 0.3) is 0 Å². The molecule has 0 aliphatic carbocycles. The lowest BCUT2D eigenvalue weighted by Gasteiger charge is -2.15. The maximum atomic E-state index is 6.00. The van der Waals surface area contributed by atoms with Gasteiger partial charge in [0, 0.05) is 11.9 Å². The molecule has 0 spiro atoms. The van der Waals surface area contributed by atoms with Gasteiger partial charge in [-0.05, 0) is 22.9 Å². The Morgan fingerprint density at radius 3 is 2.70 bits per heavy atom. The van der Waals surface area contributed by atoms with E-state index in [1.807, 2.05) is 12.1 Å². The Kier molecular flexibility index (Phi) is 3.59. The molecular formula is C17H20N2O. The molecule has 1 N–H and O–H groups in total. The molecule has 3 nitrogen and oxygen atoms in total. The fourth-order valence-electron chi connectivity index (χ4n) is 2.63. The van der Waals surface area contributed by atoms with Crippen molar-refractivity contribution in [2.24, 2.45) is 4.99 Å². The second-order valence-corrected chi connectivity index (χ2v) is 5.40. The predicted molar refractivity (Wildman–Crippen MR) is 83.8 cm³/mol. The van der Waals surface area contributed by atoms with E-state index in [2.05, 4.69) is 48.4 Å². The zero-order valence-corrected chi connectivity index (χ0v) is 12.0. The molecule has 0 amide bonds. The average molecular weight is 268 g/mol. The number of hydrogen-bond acceptors (Lipinski definition) is 3. The van der Waals surface area contributed by atoms with Gasteiger partial charge in [-0.1, -0.05) is 44.2 Å². The standard InChI is InChI=1S/C17H20N2O/c1-12(2)14-7-3-5-13-6-4-8-15(17(13)14)20-11-16-18-9-10-19-16/h3-8,12H,9-11H2,1-2H3,(H,18,19). The van der Waals surface area contributed by atoms with Gasteiger partial charge in [0.2, 0.25) is 0 Å². The van der Waals surface area contributed by atoms with E-state index in [0.717, 1.165) is 24.7 Å². The van der Waals surface area contributed by atoms with E-state index >= 15 is 0 Å². The Balaban J connectivity index is 1.96. The summed E-state index contributed by atoms with van der Waals surface area (Å²) in [5, 5.41) is 5.69. The lowest BCUT2D eigenvalue weighted by molar-refractivity contribution is 0.378. The maximum Gasteiger partial charge on any atom is 0.145 e. The van der Waals surface area contributed by atoms with Gasteiger partial charge >= 0.3 is 0 Å². The SMILES string of the molecule is CC(C)c1cccc2cccc(OCC3=NCCN3)c12. The summed E-state index contributed by atoms with van der Waals surface area (Å²) in [7, 11) is 0. The highest BCUT2D eigenvalue weighted by atomic mass is 16.5. The highest BCUT2D eigenvalue weighted by Gasteiger charge is 2.11. The summed E-state index contributed by atoms with van der Waals surface area (Å²) < 4.78 is 6.00. The molecule has 0 saturated carbocycles. The van der Waals surface area contributed by atoms with Crippen molar-refractivity contribution in [3.63, 3.8) is 0 Å². The lowest BCUT2D eigenvalue weighted by atomic mass is 9.95. The Morgan fingerprint density at radius 2 is 2.00 bits per heavy atom. The number of ether oxygens (including phenoxy) is 1. The summed E-state index contributed by atoms with van der Waals surface area (Å²) in [6.45, 7) is 6.73. The number of rotatable bonds is 4. The minimum atomic E-state index is 0.477. The molecule has 0 bridgehead atoms. The van der Waals surface area contributed by atoms with Gasteiger partial charge in [0.1, 0.15) is 18.2 Å². The van der Waals surface area contributed by atoms with Crippen molar-refractivity contribution in [2.75, 3.05) is 19.7 Å². The second kappa shape index (κ2) is 5.53. The quantitative estimate of drug-likeness (QED) is 0.922. The van der Waals surface area contributed by atoms with Crippen molar-refractivity contribution in [3.05, 3.63) is 42.0 Å². The van der Waals surface area contributed by atoms with Gasteiger partial charge in [0.05, 0.1) is 6.54 Å². The molecule has 20 heavy (non-hydrogen) atoms. The summed E-state index contributed by atoms with van der Waals surface area (Å²) in [5.74, 6) is 2.37. The number of hydrogen-bond donors (Lipinski definition) is 1. The lowest BCUT2D eigenvalue weighted by Crippen LogP contribution is -2.24. The summed E-state index contributed by atoms with van der Waals surface area (Å²) in [5.41, 5.74) is 1.33. The van der Waals surface area contributed by atoms with Gasteiger partial charge in [-0.15, -0.1) is 0 Å². The molecule has 0 fully saturated rings. The van der Waals surface area contributed by atoms with Crippen molar-refractivity contribution in [3.8, 4) is 5.75 Å². The Bertz CT molecular complexity index is 641. The van der Waals surface area contributed by atoms with Gasteiger partial charge < -0.3 is 10.1 Å². The van der Waals surface area contributed by atoms with E-state index in [-0.39, 0.29) is 0 Å². The molecule has 1 aliphatic rings. The van der Waals surface area contributed by atoms with E-state index < -0.39 is 0 Å². The number of aliphatic imine (C=N–C) groups is 1. The summed E-state index contributed by atoms with van der Waals surface area (Å²) in [6, 6.07) is 12.7. The molecule has 0 unspecified atom stereocenters. The summed E-state index contributed by atoms with van der Waals surface area (Å²) in [6.07, 6.45) is 0. The van der Waals surface area contributed by atoms with Crippen LogP contribution in [0.2, 0.25) is 0 Å². The van der Waals surface area contributed by atoms with Crippen molar-refractivity contribution >= 4 is 16.6 Å². The first-order valence-electron chi connectivity index (χ1n) is 7.17. The van der Waals surface area contributed by atoms with E-state index in [4.69, 9.17) is 4.74 Å². The van der Waals surface area contributed by atoms with Crippen LogP contribution in [0.3, 0.4) is 0 Å². The van der Waals surface area contributed by atoms with Crippen LogP contribution in [0.5, 0.6) is 5.75 Å². The molecule has 1 aliphatic heterocycles. The zero-order valence-electron chi connectivity index (χ0n) is 12.0. The van der Waals surface area contributed by atoms with E-state index in [1.165, 1.54) is 16.3 Å². The number of nitrogens with one attached hydrogen (secondary N) is 1. The van der Waals surface area contributed by atoms with Crippen molar-refractivity contribution in [1.82, 2.24) is 5.32 Å². The first-order chi connectivity index (χ1) is 9.75. The fourth-order valence-corrected chi connectivity index (χ4v) is 2.63. The van der Waals surface area contributed by atoms with Gasteiger partial charge in [-0.3, -0.25) is 4.99 Å². The molecule has 0 saturated heterocycles. The minimum Gasteiger partial charge on any atom is -0.485 e. The third kappa shape index (κ3) is 2.48. The first-order valence-corrected chi connectivity index (χ1v) is 7.17. The molecule has 3 rings (SSSR count). The highest BCUT2D eigenvalue weighted by Crippen LogP contribution is 2.32. The molecule has 2 aromatic carbocycles. The Labute approximate surface area is 119 Å². The topological polar surface area (TPSA) is 33.6 Å². The predicted octanol–water partition coefficient (Wildman–Crippen LogP) is 3.34. The van der Waals surface area contributed by atoms with Crippen LogP contribution in [0.15, 0.2) is 41.4 Å². The molecule has 104 valence electrons. The van der Waals surface area contributed by atoms with Crippen molar-refractivity contribution < 1.29 is 4.74 Å². The summed E-state index contributed by atoms with van der Waals surface area (Å²) >= 11 is 0. The number of fused-ring (bicyclic) bond motifs is 1. The van der Waals surface area contributed by atoms with Gasteiger partial charge in [-0.2, -0.15) is 0 Å². The van der Waals surface area contributed by atoms with Crippen LogP contribution < -0.4 is 10.1 Å². The van der Waals surface area contributed by atoms with Gasteiger partial charge in [-0.25, -0.2) is 0 Å². The largest absolute Gasteiger partial charge is 0.485 e. The third-order valence-electron chi connectivity index (χ3n) is 3.63. The highest BCUT2D eigenvalue weighted by molar-refractivity contribution is 5.92. The smallest absolute Gasteiger partial charge is 0.145 e. The fraction of sp³-hybridized carbons (Fsp3) is 0.353. The van der Waals surface area contributed by atoms with Gasteiger partial charge in [0.15, 0.2) is 0 Å². The van der Waals surface area contributed by atoms with Crippen molar-refractivity contribution in [2.45, 2.75) is 19.8 Å². The van der Waals surface area contributed by atoms with Crippen LogP contribution >= 0.6 is 0 Å². The third-order valence-corrected chi connectivity index (χ3v) is 3.63. The number of benzene rings is 2. The first kappa shape index (κ1) is 13.0. The van der Waals surface area contributed by atoms with Crippen LogP contribution in [0, 0.1) is 0 Å². The van der Waals surface area contributed by atoms with Crippen LogP contribution in [-0.2, 0) is 0 Å². The molecule has 3 heteroatoms. The van der Waals surface area contributed by atoms with Crippen LogP contribution in [-0.4, -0.2) is 25.5 Å². The molecular weight excluding hydrogens is 248 g/mol. The van der Waals surface area contributed by atoms with Crippen LogP contribution in [0.1, 0.15) is 25.3 Å². The van der Waals surface area contributed by atoms with Crippen LogP contribution in [0.4, 0.5) is 0 Å². The Morgan fingerprint density at radius 1 is 1.20 bits per heavy atom. The molecule has 1 heterocycles. The van der Waals surface area contributed by atoms with E-state index in [9.17, 15) is 0 Å². The zero-order chi connectivity index (χ0) is 13.9. The molecule has 0 aromatic heterocycles. The maximum absolute atomic E-state index is 6.00. The molecule has 0 atom stereocenters.